The number of nitrogens with zero attached hydrogens (tertiary/aromatic N) is 1. The summed E-state index contributed by atoms with van der Waals surface area (Å²) in [5.41, 5.74) is 0.958. The van der Waals surface area contributed by atoms with Gasteiger partial charge in [0.1, 0.15) is 5.82 Å². The predicted octanol–water partition coefficient (Wildman–Crippen LogP) is 2.35. The van der Waals surface area contributed by atoms with E-state index in [2.05, 4.69) is 15.0 Å². The van der Waals surface area contributed by atoms with Crippen LogP contribution >= 0.6 is 11.6 Å². The fraction of sp³-hybridized carbons (Fsp3) is 0.200. The molecule has 0 unspecified atom stereocenters. The van der Waals surface area contributed by atoms with Crippen LogP contribution in [0.5, 0.6) is 0 Å². The van der Waals surface area contributed by atoms with E-state index in [1.165, 1.54) is 31.2 Å². The topological polar surface area (TPSA) is 88.2 Å². The van der Waals surface area contributed by atoms with E-state index in [4.69, 9.17) is 11.6 Å². The van der Waals surface area contributed by atoms with Crippen molar-refractivity contribution in [1.82, 2.24) is 9.71 Å². The third-order valence-corrected chi connectivity index (χ3v) is 4.82. The first-order valence-corrected chi connectivity index (χ1v) is 8.65. The lowest BCUT2D eigenvalue weighted by Gasteiger charge is -2.14. The molecular formula is C15H16ClN3O3S. The maximum absolute atomic E-state index is 12.2. The number of carbonyl (C=O) groups excluding carboxylic acids is 1. The molecule has 0 aliphatic heterocycles. The van der Waals surface area contributed by atoms with Crippen LogP contribution in [0.2, 0.25) is 5.02 Å². The number of sulfonamides is 1. The van der Waals surface area contributed by atoms with Crippen LogP contribution in [0.1, 0.15) is 12.5 Å². The summed E-state index contributed by atoms with van der Waals surface area (Å²) in [5.74, 6) is -0.142. The molecule has 0 saturated heterocycles. The van der Waals surface area contributed by atoms with Gasteiger partial charge in [-0.25, -0.2) is 13.4 Å². The molecule has 2 rings (SSSR count). The quantitative estimate of drug-likeness (QED) is 0.863. The van der Waals surface area contributed by atoms with E-state index >= 15 is 0 Å². The number of pyridine rings is 1. The minimum Gasteiger partial charge on any atom is -0.309 e. The Morgan fingerprint density at radius 3 is 2.39 bits per heavy atom. The molecule has 1 aromatic heterocycles. The van der Waals surface area contributed by atoms with Crippen molar-refractivity contribution < 1.29 is 13.2 Å². The molecule has 1 atom stereocenters. The van der Waals surface area contributed by atoms with Crippen LogP contribution < -0.4 is 10.0 Å². The Bertz CT molecular complexity index is 790. The lowest BCUT2D eigenvalue weighted by atomic mass is 10.3. The van der Waals surface area contributed by atoms with Crippen molar-refractivity contribution in [2.24, 2.45) is 0 Å². The number of aromatic nitrogens is 1. The van der Waals surface area contributed by atoms with Crippen molar-refractivity contribution >= 4 is 33.3 Å². The van der Waals surface area contributed by atoms with Crippen LogP contribution in [-0.2, 0) is 14.8 Å². The Labute approximate surface area is 139 Å². The van der Waals surface area contributed by atoms with Gasteiger partial charge in [0.25, 0.3) is 0 Å². The largest absolute Gasteiger partial charge is 0.309 e. The highest BCUT2D eigenvalue weighted by atomic mass is 35.5. The minimum atomic E-state index is -3.81. The second-order valence-electron chi connectivity index (χ2n) is 5.01. The highest BCUT2D eigenvalue weighted by Gasteiger charge is 2.22. The van der Waals surface area contributed by atoms with Crippen LogP contribution in [0.15, 0.2) is 47.5 Å². The molecule has 0 bridgehead atoms. The number of benzene rings is 1. The Balaban J connectivity index is 2.05. The van der Waals surface area contributed by atoms with Gasteiger partial charge in [0.2, 0.25) is 15.9 Å². The number of rotatable bonds is 5. The number of hydrogen-bond donors (Lipinski definition) is 2. The maximum Gasteiger partial charge on any atom is 0.243 e. The van der Waals surface area contributed by atoms with E-state index in [-0.39, 0.29) is 4.90 Å². The Morgan fingerprint density at radius 2 is 1.83 bits per heavy atom. The van der Waals surface area contributed by atoms with Crippen LogP contribution in [0.4, 0.5) is 5.82 Å². The van der Waals surface area contributed by atoms with Gasteiger partial charge in [-0.15, -0.1) is 0 Å². The van der Waals surface area contributed by atoms with Gasteiger partial charge >= 0.3 is 0 Å². The van der Waals surface area contributed by atoms with Gasteiger partial charge in [-0.1, -0.05) is 17.7 Å². The van der Waals surface area contributed by atoms with E-state index in [1.807, 2.05) is 6.92 Å². The van der Waals surface area contributed by atoms with E-state index < -0.39 is 22.0 Å². The molecule has 1 aromatic carbocycles. The number of amides is 1. The highest BCUT2D eigenvalue weighted by molar-refractivity contribution is 7.89. The third kappa shape index (κ3) is 4.75. The first-order chi connectivity index (χ1) is 10.8. The first-order valence-electron chi connectivity index (χ1n) is 6.79. The minimum absolute atomic E-state index is 0.0370. The molecule has 122 valence electrons. The number of anilines is 1. The second-order valence-corrected chi connectivity index (χ2v) is 7.16. The number of hydrogen-bond acceptors (Lipinski definition) is 4. The molecular weight excluding hydrogens is 338 g/mol. The fourth-order valence-corrected chi connectivity index (χ4v) is 3.07. The normalized spacial score (nSPS) is 12.7. The van der Waals surface area contributed by atoms with Crippen LogP contribution in [0.3, 0.4) is 0 Å². The van der Waals surface area contributed by atoms with E-state index in [0.29, 0.717) is 10.8 Å². The Kier molecular flexibility index (Phi) is 5.35. The highest BCUT2D eigenvalue weighted by Crippen LogP contribution is 2.14. The molecule has 0 saturated carbocycles. The van der Waals surface area contributed by atoms with Gasteiger partial charge in [-0.2, -0.15) is 4.72 Å². The zero-order valence-electron chi connectivity index (χ0n) is 12.6. The summed E-state index contributed by atoms with van der Waals surface area (Å²) in [7, 11) is -3.81. The molecule has 1 amide bonds. The molecule has 2 aromatic rings. The van der Waals surface area contributed by atoms with Gasteiger partial charge in [0, 0.05) is 11.2 Å². The Morgan fingerprint density at radius 1 is 1.17 bits per heavy atom. The number of carbonyl (C=O) groups is 1. The molecule has 0 spiro atoms. The van der Waals surface area contributed by atoms with Gasteiger partial charge in [-0.05, 0) is 49.7 Å². The van der Waals surface area contributed by atoms with Crippen molar-refractivity contribution in [2.45, 2.75) is 24.8 Å². The van der Waals surface area contributed by atoms with E-state index in [1.54, 1.807) is 18.3 Å². The summed E-state index contributed by atoms with van der Waals surface area (Å²) in [6.45, 7) is 3.33. The summed E-state index contributed by atoms with van der Waals surface area (Å²) in [5, 5.41) is 2.98. The second kappa shape index (κ2) is 7.08. The van der Waals surface area contributed by atoms with Crippen LogP contribution in [-0.4, -0.2) is 25.4 Å². The standard InChI is InChI=1S/C15H16ClN3O3S/c1-10-3-8-14(17-9-10)18-15(20)11(2)19-23(21,22)13-6-4-12(16)5-7-13/h3-9,11,19H,1-2H3,(H,17,18,20)/t11-/m0/s1. The molecule has 6 nitrogen and oxygen atoms in total. The fourth-order valence-electron chi connectivity index (χ4n) is 1.74. The molecule has 8 heteroatoms. The molecule has 2 N–H and O–H groups in total. The lowest BCUT2D eigenvalue weighted by Crippen LogP contribution is -2.41. The smallest absolute Gasteiger partial charge is 0.243 e. The van der Waals surface area contributed by atoms with Gasteiger partial charge in [0.05, 0.1) is 10.9 Å². The summed E-state index contributed by atoms with van der Waals surface area (Å²) in [6.07, 6.45) is 1.61. The van der Waals surface area contributed by atoms with Crippen LogP contribution in [0, 0.1) is 6.92 Å². The zero-order valence-corrected chi connectivity index (χ0v) is 14.1. The molecule has 1 heterocycles. The van der Waals surface area contributed by atoms with E-state index in [0.717, 1.165) is 5.56 Å². The van der Waals surface area contributed by atoms with Crippen LogP contribution in [0.25, 0.3) is 0 Å². The van der Waals surface area contributed by atoms with Crippen molar-refractivity contribution in [1.29, 1.82) is 0 Å². The molecule has 0 fully saturated rings. The first kappa shape index (κ1) is 17.4. The van der Waals surface area contributed by atoms with Crippen molar-refractivity contribution in [3.8, 4) is 0 Å². The number of nitrogens with one attached hydrogen (secondary N) is 2. The summed E-state index contributed by atoms with van der Waals surface area (Å²) in [6, 6.07) is 8.17. The van der Waals surface area contributed by atoms with E-state index in [9.17, 15) is 13.2 Å². The monoisotopic (exact) mass is 353 g/mol. The third-order valence-electron chi connectivity index (χ3n) is 3.01. The Hall–Kier alpha value is -1.96. The average molecular weight is 354 g/mol. The van der Waals surface area contributed by atoms with Gasteiger partial charge in [0.15, 0.2) is 0 Å². The average Bonchev–Trinajstić information content (AvgIpc) is 2.49. The number of aryl methyl sites for hydroxylation is 1. The number of halogens is 1. The van der Waals surface area contributed by atoms with Crippen molar-refractivity contribution in [3.63, 3.8) is 0 Å². The predicted molar refractivity (Wildman–Crippen MR) is 88.8 cm³/mol. The molecule has 23 heavy (non-hydrogen) atoms. The molecule has 0 radical (unpaired) electrons. The lowest BCUT2D eigenvalue weighted by molar-refractivity contribution is -0.117. The molecule has 0 aliphatic rings. The summed E-state index contributed by atoms with van der Waals surface area (Å²) >= 11 is 5.73. The SMILES string of the molecule is Cc1ccc(NC(=O)[C@H](C)NS(=O)(=O)c2ccc(Cl)cc2)nc1. The summed E-state index contributed by atoms with van der Waals surface area (Å²) in [4.78, 5) is 16.1. The summed E-state index contributed by atoms with van der Waals surface area (Å²) < 4.78 is 26.7. The maximum atomic E-state index is 12.2. The van der Waals surface area contributed by atoms with Crippen molar-refractivity contribution in [3.05, 3.63) is 53.2 Å². The zero-order chi connectivity index (χ0) is 17.0. The van der Waals surface area contributed by atoms with Gasteiger partial charge < -0.3 is 5.32 Å². The van der Waals surface area contributed by atoms with Gasteiger partial charge in [-0.3, -0.25) is 4.79 Å². The van der Waals surface area contributed by atoms with Crippen molar-refractivity contribution in [2.75, 3.05) is 5.32 Å². The molecule has 0 aliphatic carbocycles.